The number of carbonyl (C=O) groups excluding carboxylic acids is 1. The van der Waals surface area contributed by atoms with Gasteiger partial charge < -0.3 is 10.4 Å². The van der Waals surface area contributed by atoms with Crippen molar-refractivity contribution >= 4 is 11.8 Å². The van der Waals surface area contributed by atoms with E-state index in [1.54, 1.807) is 12.1 Å². The van der Waals surface area contributed by atoms with Crippen molar-refractivity contribution in [2.24, 2.45) is 5.92 Å². The van der Waals surface area contributed by atoms with E-state index in [0.717, 1.165) is 12.8 Å². The summed E-state index contributed by atoms with van der Waals surface area (Å²) in [5, 5.41) is 22.1. The van der Waals surface area contributed by atoms with Gasteiger partial charge in [-0.3, -0.25) is 5.32 Å². The quantitative estimate of drug-likeness (QED) is 0.720. The lowest BCUT2D eigenvalue weighted by Crippen LogP contribution is -2.52. The van der Waals surface area contributed by atoms with Crippen LogP contribution < -0.4 is 10.6 Å². The van der Waals surface area contributed by atoms with Crippen LogP contribution in [-0.4, -0.2) is 33.5 Å². The van der Waals surface area contributed by atoms with Crippen LogP contribution in [0.3, 0.4) is 0 Å². The minimum atomic E-state index is -0.549. The molecule has 1 aromatic rings. The Balaban J connectivity index is 1.92. The maximum Gasteiger partial charge on any atom is 0.320 e. The molecule has 2 amide bonds. The van der Waals surface area contributed by atoms with Crippen LogP contribution >= 0.6 is 0 Å². The molecule has 0 bridgehead atoms. The highest BCUT2D eigenvalue weighted by atomic mass is 16.3. The molecule has 1 unspecified atom stereocenters. The SMILES string of the molecule is CC(CO)(NC(=O)Nc1cccnn1)C1CC1. The van der Waals surface area contributed by atoms with Gasteiger partial charge in [-0.25, -0.2) is 4.79 Å². The zero-order chi connectivity index (χ0) is 12.3. The van der Waals surface area contributed by atoms with Crippen LogP contribution in [0.2, 0.25) is 0 Å². The number of hydrogen-bond acceptors (Lipinski definition) is 4. The summed E-state index contributed by atoms with van der Waals surface area (Å²) >= 11 is 0. The van der Waals surface area contributed by atoms with E-state index in [4.69, 9.17) is 0 Å². The molecule has 0 spiro atoms. The van der Waals surface area contributed by atoms with E-state index in [0.29, 0.717) is 11.7 Å². The van der Waals surface area contributed by atoms with E-state index in [-0.39, 0.29) is 12.6 Å². The van der Waals surface area contributed by atoms with E-state index in [2.05, 4.69) is 20.8 Å². The fourth-order valence-corrected chi connectivity index (χ4v) is 1.77. The molecule has 1 atom stereocenters. The van der Waals surface area contributed by atoms with Crippen LogP contribution in [0, 0.1) is 5.92 Å². The van der Waals surface area contributed by atoms with E-state index < -0.39 is 5.54 Å². The zero-order valence-corrected chi connectivity index (χ0v) is 9.68. The molecule has 17 heavy (non-hydrogen) atoms. The second-order valence-corrected chi connectivity index (χ2v) is 4.54. The zero-order valence-electron chi connectivity index (χ0n) is 9.68. The van der Waals surface area contributed by atoms with Crippen LogP contribution in [0.25, 0.3) is 0 Å². The van der Waals surface area contributed by atoms with Gasteiger partial charge in [0.15, 0.2) is 5.82 Å². The first kappa shape index (κ1) is 11.8. The monoisotopic (exact) mass is 236 g/mol. The third kappa shape index (κ3) is 2.91. The van der Waals surface area contributed by atoms with Gasteiger partial charge in [0.25, 0.3) is 0 Å². The molecule has 1 heterocycles. The summed E-state index contributed by atoms with van der Waals surface area (Å²) in [6, 6.07) is 2.98. The van der Waals surface area contributed by atoms with Crippen molar-refractivity contribution in [2.45, 2.75) is 25.3 Å². The molecule has 1 fully saturated rings. The number of amides is 2. The van der Waals surface area contributed by atoms with Crippen molar-refractivity contribution in [3.8, 4) is 0 Å². The molecule has 1 aromatic heterocycles. The maximum absolute atomic E-state index is 11.7. The third-order valence-corrected chi connectivity index (χ3v) is 3.02. The standard InChI is InChI=1S/C11H16N4O2/c1-11(7-16,8-4-5-8)14-10(17)13-9-3-2-6-12-15-9/h2-3,6,8,16H,4-5,7H2,1H3,(H2,13,14,15,17). The van der Waals surface area contributed by atoms with Gasteiger partial charge in [-0.2, -0.15) is 5.10 Å². The van der Waals surface area contributed by atoms with E-state index in [1.165, 1.54) is 6.20 Å². The van der Waals surface area contributed by atoms with Gasteiger partial charge in [0.05, 0.1) is 12.1 Å². The second kappa shape index (κ2) is 4.67. The van der Waals surface area contributed by atoms with Gasteiger partial charge in [-0.1, -0.05) is 0 Å². The fourth-order valence-electron chi connectivity index (χ4n) is 1.77. The molecule has 1 aliphatic rings. The van der Waals surface area contributed by atoms with E-state index >= 15 is 0 Å². The highest BCUT2D eigenvalue weighted by molar-refractivity contribution is 5.88. The number of anilines is 1. The number of nitrogens with one attached hydrogen (secondary N) is 2. The van der Waals surface area contributed by atoms with Crippen molar-refractivity contribution in [1.82, 2.24) is 15.5 Å². The molecule has 3 N–H and O–H groups in total. The predicted octanol–water partition coefficient (Wildman–Crippen LogP) is 0.759. The second-order valence-electron chi connectivity index (χ2n) is 4.54. The van der Waals surface area contributed by atoms with Gasteiger partial charge in [0.2, 0.25) is 0 Å². The highest BCUT2D eigenvalue weighted by Crippen LogP contribution is 2.39. The lowest BCUT2D eigenvalue weighted by Gasteiger charge is -2.28. The Morgan fingerprint density at radius 2 is 2.41 bits per heavy atom. The van der Waals surface area contributed by atoms with Crippen molar-refractivity contribution in [3.05, 3.63) is 18.3 Å². The van der Waals surface area contributed by atoms with Crippen molar-refractivity contribution in [2.75, 3.05) is 11.9 Å². The topological polar surface area (TPSA) is 87.1 Å². The first-order valence-electron chi connectivity index (χ1n) is 5.62. The van der Waals surface area contributed by atoms with E-state index in [1.807, 2.05) is 6.92 Å². The summed E-state index contributed by atoms with van der Waals surface area (Å²) in [5.74, 6) is 0.751. The first-order chi connectivity index (χ1) is 8.14. The number of nitrogens with zero attached hydrogens (tertiary/aromatic N) is 2. The van der Waals surface area contributed by atoms with Gasteiger partial charge >= 0.3 is 6.03 Å². The Labute approximate surface area is 99.4 Å². The predicted molar refractivity (Wildman–Crippen MR) is 62.4 cm³/mol. The molecule has 1 saturated carbocycles. The Kier molecular flexibility index (Phi) is 3.23. The molecule has 0 aliphatic heterocycles. The highest BCUT2D eigenvalue weighted by Gasteiger charge is 2.42. The molecule has 2 rings (SSSR count). The average Bonchev–Trinajstić information content (AvgIpc) is 3.14. The van der Waals surface area contributed by atoms with Crippen LogP contribution in [0.5, 0.6) is 0 Å². The number of hydrogen-bond donors (Lipinski definition) is 3. The van der Waals surface area contributed by atoms with Gasteiger partial charge in [-0.05, 0) is 37.8 Å². The van der Waals surface area contributed by atoms with Crippen molar-refractivity contribution in [3.63, 3.8) is 0 Å². The third-order valence-electron chi connectivity index (χ3n) is 3.02. The number of urea groups is 1. The molecule has 6 nitrogen and oxygen atoms in total. The average molecular weight is 236 g/mol. The van der Waals surface area contributed by atoms with Gasteiger partial charge in [0.1, 0.15) is 0 Å². The van der Waals surface area contributed by atoms with Crippen molar-refractivity contribution in [1.29, 1.82) is 0 Å². The lowest BCUT2D eigenvalue weighted by atomic mass is 9.97. The Morgan fingerprint density at radius 3 is 2.94 bits per heavy atom. The van der Waals surface area contributed by atoms with Crippen LogP contribution in [0.1, 0.15) is 19.8 Å². The summed E-state index contributed by atoms with van der Waals surface area (Å²) < 4.78 is 0. The number of carbonyl (C=O) groups is 1. The maximum atomic E-state index is 11.7. The molecule has 0 saturated heterocycles. The van der Waals surface area contributed by atoms with Crippen LogP contribution in [0.15, 0.2) is 18.3 Å². The number of rotatable bonds is 4. The molecule has 6 heteroatoms. The normalized spacial score (nSPS) is 18.2. The Hall–Kier alpha value is -1.69. The fraction of sp³-hybridized carbons (Fsp3) is 0.545. The molecular weight excluding hydrogens is 220 g/mol. The smallest absolute Gasteiger partial charge is 0.320 e. The molecule has 0 radical (unpaired) electrons. The summed E-state index contributed by atoms with van der Waals surface area (Å²) in [5.41, 5.74) is -0.549. The summed E-state index contributed by atoms with van der Waals surface area (Å²) in [4.78, 5) is 11.7. The van der Waals surface area contributed by atoms with Crippen LogP contribution in [-0.2, 0) is 0 Å². The summed E-state index contributed by atoms with van der Waals surface area (Å²) in [7, 11) is 0. The largest absolute Gasteiger partial charge is 0.394 e. The number of aliphatic hydroxyl groups excluding tert-OH is 1. The minimum absolute atomic E-state index is 0.0639. The molecular formula is C11H16N4O2. The van der Waals surface area contributed by atoms with Crippen molar-refractivity contribution < 1.29 is 9.90 Å². The Morgan fingerprint density at radius 1 is 1.65 bits per heavy atom. The molecule has 1 aliphatic carbocycles. The summed E-state index contributed by atoms with van der Waals surface area (Å²) in [6.45, 7) is 1.78. The molecule has 92 valence electrons. The minimum Gasteiger partial charge on any atom is -0.394 e. The van der Waals surface area contributed by atoms with E-state index in [9.17, 15) is 9.90 Å². The summed E-state index contributed by atoms with van der Waals surface area (Å²) in [6.07, 6.45) is 3.62. The van der Waals surface area contributed by atoms with Gasteiger partial charge in [0, 0.05) is 6.20 Å². The number of aliphatic hydroxyl groups is 1. The van der Waals surface area contributed by atoms with Gasteiger partial charge in [-0.15, -0.1) is 5.10 Å². The Bertz CT molecular complexity index is 394. The molecule has 0 aromatic carbocycles. The van der Waals surface area contributed by atoms with Crippen LogP contribution in [0.4, 0.5) is 10.6 Å². The number of aromatic nitrogens is 2. The lowest BCUT2D eigenvalue weighted by molar-refractivity contribution is 0.159. The first-order valence-corrected chi connectivity index (χ1v) is 5.62.